The van der Waals surface area contributed by atoms with E-state index in [1.54, 1.807) is 7.11 Å². The van der Waals surface area contributed by atoms with Crippen molar-refractivity contribution < 1.29 is 9.53 Å². The Kier molecular flexibility index (Phi) is 4.63. The molecule has 0 saturated carbocycles. The van der Waals surface area contributed by atoms with Crippen LogP contribution in [0.15, 0.2) is 84.9 Å². The van der Waals surface area contributed by atoms with Crippen LogP contribution in [0, 0.1) is 0 Å². The van der Waals surface area contributed by atoms with Gasteiger partial charge in [-0.2, -0.15) is 0 Å². The van der Waals surface area contributed by atoms with Gasteiger partial charge < -0.3 is 4.74 Å². The van der Waals surface area contributed by atoms with Gasteiger partial charge in [-0.05, 0) is 34.6 Å². The van der Waals surface area contributed by atoms with Crippen molar-refractivity contribution >= 4 is 23.9 Å². The molecule has 3 aromatic rings. The van der Waals surface area contributed by atoms with Gasteiger partial charge in [0, 0.05) is 5.56 Å². The molecule has 0 aliphatic rings. The average Bonchev–Trinajstić information content (AvgIpc) is 2.68. The van der Waals surface area contributed by atoms with E-state index in [0.717, 1.165) is 21.7 Å². The van der Waals surface area contributed by atoms with Crippen LogP contribution in [0.5, 0.6) is 5.75 Å². The monoisotopic (exact) mass is 332 g/mol. The number of benzene rings is 3. The minimum Gasteiger partial charge on any atom is -0.497 e. The first-order valence-corrected chi connectivity index (χ1v) is 10.5. The Hall–Kier alpha value is -2.65. The van der Waals surface area contributed by atoms with Crippen LogP contribution in [0.25, 0.3) is 0 Å². The normalized spacial score (nSPS) is 11.1. The summed E-state index contributed by atoms with van der Waals surface area (Å²) in [6.07, 6.45) is 0. The van der Waals surface area contributed by atoms with Crippen LogP contribution in [-0.2, 0) is 0 Å². The number of hydrogen-bond donors (Lipinski definition) is 0. The minimum absolute atomic E-state index is 0.211. The van der Waals surface area contributed by atoms with Crippen molar-refractivity contribution in [2.45, 2.75) is 6.55 Å². The predicted molar refractivity (Wildman–Crippen MR) is 101 cm³/mol. The fourth-order valence-electron chi connectivity index (χ4n) is 3.00. The number of rotatable bonds is 5. The van der Waals surface area contributed by atoms with E-state index in [2.05, 4.69) is 30.8 Å². The highest BCUT2D eigenvalue weighted by Gasteiger charge is 2.40. The van der Waals surface area contributed by atoms with Crippen molar-refractivity contribution in [1.29, 1.82) is 0 Å². The Balaban J connectivity index is 2.12. The summed E-state index contributed by atoms with van der Waals surface area (Å²) in [5, 5.41) is 2.46. The summed E-state index contributed by atoms with van der Waals surface area (Å²) in [6, 6.07) is 27.7. The molecule has 3 heteroatoms. The van der Waals surface area contributed by atoms with Crippen molar-refractivity contribution in [1.82, 2.24) is 0 Å². The molecule has 0 heterocycles. The van der Waals surface area contributed by atoms with E-state index < -0.39 is 8.07 Å². The molecule has 0 aromatic heterocycles. The topological polar surface area (TPSA) is 26.3 Å². The molecule has 0 spiro atoms. The molecular weight excluding hydrogens is 312 g/mol. The zero-order valence-corrected chi connectivity index (χ0v) is 14.9. The third-order valence-corrected chi connectivity index (χ3v) is 8.68. The largest absolute Gasteiger partial charge is 0.497 e. The van der Waals surface area contributed by atoms with Crippen LogP contribution in [0.3, 0.4) is 0 Å². The van der Waals surface area contributed by atoms with Gasteiger partial charge in [-0.1, -0.05) is 67.2 Å². The molecule has 0 atom stereocenters. The maximum atomic E-state index is 13.5. The van der Waals surface area contributed by atoms with Crippen molar-refractivity contribution in [3.63, 3.8) is 0 Å². The second kappa shape index (κ2) is 6.85. The molecule has 0 saturated heterocycles. The molecule has 2 nitrogen and oxygen atoms in total. The first-order valence-electron chi connectivity index (χ1n) is 7.96. The Morgan fingerprint density at radius 1 is 0.750 bits per heavy atom. The Morgan fingerprint density at radius 3 is 1.62 bits per heavy atom. The summed E-state index contributed by atoms with van der Waals surface area (Å²) in [7, 11) is -0.925. The summed E-state index contributed by atoms with van der Waals surface area (Å²) in [4.78, 5) is 13.5. The Labute approximate surface area is 143 Å². The van der Waals surface area contributed by atoms with Gasteiger partial charge in [0.05, 0.1) is 7.11 Å². The molecule has 0 N–H and O–H groups in total. The highest BCUT2D eigenvalue weighted by Crippen LogP contribution is 2.17. The van der Waals surface area contributed by atoms with Gasteiger partial charge in [-0.25, -0.2) is 0 Å². The van der Waals surface area contributed by atoms with Crippen LogP contribution < -0.4 is 15.1 Å². The average molecular weight is 332 g/mol. The third-order valence-electron chi connectivity index (χ3n) is 4.51. The molecule has 0 bridgehead atoms. The van der Waals surface area contributed by atoms with Gasteiger partial charge >= 0.3 is 0 Å². The number of methoxy groups -OCH3 is 1. The lowest BCUT2D eigenvalue weighted by Gasteiger charge is -2.27. The van der Waals surface area contributed by atoms with Crippen LogP contribution in [0.4, 0.5) is 0 Å². The molecule has 0 unspecified atom stereocenters. The van der Waals surface area contributed by atoms with Crippen molar-refractivity contribution in [3.8, 4) is 5.75 Å². The standard InChI is InChI=1S/C21H20O2Si/c1-23-18-15-13-17(14-16-18)21(22)24(2,19-9-5-3-6-10-19)20-11-7-4-8-12-20/h3-16H,1-2H3. The number of carbonyl (C=O) groups excluding carboxylic acids is 1. The van der Waals surface area contributed by atoms with Gasteiger partial charge in [-0.3, -0.25) is 4.79 Å². The van der Waals surface area contributed by atoms with Crippen LogP contribution in [-0.4, -0.2) is 20.6 Å². The van der Waals surface area contributed by atoms with Gasteiger partial charge in [0.2, 0.25) is 0 Å². The highest BCUT2D eigenvalue weighted by atomic mass is 28.3. The van der Waals surface area contributed by atoms with E-state index in [4.69, 9.17) is 4.74 Å². The summed E-state index contributed by atoms with van der Waals surface area (Å²) in [6.45, 7) is 2.13. The molecule has 0 fully saturated rings. The predicted octanol–water partition coefficient (Wildman–Crippen LogP) is 3.31. The zero-order valence-electron chi connectivity index (χ0n) is 13.9. The molecule has 0 aliphatic carbocycles. The van der Waals surface area contributed by atoms with E-state index >= 15 is 0 Å². The quantitative estimate of drug-likeness (QED) is 0.670. The number of ether oxygens (including phenoxy) is 1. The molecule has 120 valence electrons. The smallest absolute Gasteiger partial charge is 0.196 e. The summed E-state index contributed by atoms with van der Waals surface area (Å²) >= 11 is 0. The van der Waals surface area contributed by atoms with Crippen molar-refractivity contribution in [3.05, 3.63) is 90.5 Å². The van der Waals surface area contributed by atoms with Gasteiger partial charge in [-0.15, -0.1) is 0 Å². The van der Waals surface area contributed by atoms with Crippen molar-refractivity contribution in [2.24, 2.45) is 0 Å². The van der Waals surface area contributed by atoms with E-state index in [1.807, 2.05) is 60.7 Å². The maximum Gasteiger partial charge on any atom is 0.196 e. The fourth-order valence-corrected chi connectivity index (χ4v) is 6.32. The first kappa shape index (κ1) is 16.2. The molecule has 3 rings (SSSR count). The highest BCUT2D eigenvalue weighted by molar-refractivity contribution is 7.23. The summed E-state index contributed by atoms with van der Waals surface area (Å²) in [5.74, 6) is 0.759. The third kappa shape index (κ3) is 2.91. The SMILES string of the molecule is COc1ccc(C(=O)[Si](C)(c2ccccc2)c2ccccc2)cc1. The Morgan fingerprint density at radius 2 is 1.21 bits per heavy atom. The van der Waals surface area contributed by atoms with Gasteiger partial charge in [0.15, 0.2) is 13.5 Å². The van der Waals surface area contributed by atoms with E-state index in [0.29, 0.717) is 0 Å². The molecule has 0 amide bonds. The molecule has 3 aromatic carbocycles. The zero-order chi connectivity index (χ0) is 17.0. The lowest BCUT2D eigenvalue weighted by Crippen LogP contribution is -2.62. The van der Waals surface area contributed by atoms with E-state index in [9.17, 15) is 4.79 Å². The van der Waals surface area contributed by atoms with Crippen LogP contribution in [0.2, 0.25) is 6.55 Å². The number of carbonyl (C=O) groups is 1. The van der Waals surface area contributed by atoms with Gasteiger partial charge in [0.25, 0.3) is 0 Å². The molecule has 24 heavy (non-hydrogen) atoms. The Bertz CT molecular complexity index is 772. The fraction of sp³-hybridized carbons (Fsp3) is 0.0952. The lowest BCUT2D eigenvalue weighted by atomic mass is 10.2. The van der Waals surface area contributed by atoms with Gasteiger partial charge in [0.1, 0.15) is 5.75 Å². The number of hydrogen-bond acceptors (Lipinski definition) is 2. The minimum atomic E-state index is -2.55. The van der Waals surface area contributed by atoms with Crippen molar-refractivity contribution in [2.75, 3.05) is 7.11 Å². The summed E-state index contributed by atoms with van der Waals surface area (Å²) in [5.41, 5.74) is 0.734. The second-order valence-electron chi connectivity index (χ2n) is 5.91. The molecule has 0 aliphatic heterocycles. The lowest BCUT2D eigenvalue weighted by molar-refractivity contribution is 0.107. The molecular formula is C21H20O2Si. The van der Waals surface area contributed by atoms with E-state index in [-0.39, 0.29) is 5.41 Å². The summed E-state index contributed by atoms with van der Waals surface area (Å²) < 4.78 is 5.20. The first-order chi connectivity index (χ1) is 11.7. The van der Waals surface area contributed by atoms with Crippen LogP contribution in [0.1, 0.15) is 10.4 Å². The van der Waals surface area contributed by atoms with Crippen LogP contribution >= 0.6 is 0 Å². The second-order valence-corrected chi connectivity index (χ2v) is 9.77. The van der Waals surface area contributed by atoms with E-state index in [1.165, 1.54) is 0 Å². The maximum absolute atomic E-state index is 13.5. The molecule has 0 radical (unpaired) electrons.